The fraction of sp³-hybridized carbons (Fsp3) is 0.235. The number of Topliss-reactive ketones (excluding diaryl/α,β-unsaturated/α-hetero) is 1. The van der Waals surface area contributed by atoms with Gasteiger partial charge in [-0.2, -0.15) is 0 Å². The lowest BCUT2D eigenvalue weighted by molar-refractivity contribution is -0.122. The van der Waals surface area contributed by atoms with Crippen molar-refractivity contribution in [2.24, 2.45) is 0 Å². The smallest absolute Gasteiger partial charge is 0.147 e. The van der Waals surface area contributed by atoms with Gasteiger partial charge in [0, 0.05) is 11.8 Å². The highest BCUT2D eigenvalue weighted by atomic mass is 79.9. The molecule has 0 aliphatic rings. The fourth-order valence-corrected chi connectivity index (χ4v) is 2.51. The molecule has 0 bridgehead atoms. The molecule has 0 heterocycles. The number of ketones is 1. The van der Waals surface area contributed by atoms with Crippen molar-refractivity contribution in [3.63, 3.8) is 0 Å². The van der Waals surface area contributed by atoms with E-state index in [-0.39, 0.29) is 23.8 Å². The molecular formula is C17H15BrF2O. The normalized spacial score (nSPS) is 11.5. The van der Waals surface area contributed by atoms with Gasteiger partial charge in [-0.15, -0.1) is 0 Å². The molecule has 0 aromatic heterocycles. The van der Waals surface area contributed by atoms with Crippen molar-refractivity contribution in [1.29, 1.82) is 0 Å². The maximum absolute atomic E-state index is 13.2. The van der Waals surface area contributed by atoms with Gasteiger partial charge in [-0.25, -0.2) is 8.78 Å². The van der Waals surface area contributed by atoms with Crippen molar-refractivity contribution >= 4 is 21.7 Å². The first-order chi connectivity index (χ1) is 9.80. The van der Waals surface area contributed by atoms with Gasteiger partial charge in [0.15, 0.2) is 0 Å². The second kappa shape index (κ2) is 6.06. The third-order valence-electron chi connectivity index (χ3n) is 3.61. The van der Waals surface area contributed by atoms with Crippen LogP contribution in [-0.4, -0.2) is 5.78 Å². The topological polar surface area (TPSA) is 17.1 Å². The van der Waals surface area contributed by atoms with Crippen LogP contribution in [0.15, 0.2) is 46.9 Å². The molecule has 0 aliphatic carbocycles. The summed E-state index contributed by atoms with van der Waals surface area (Å²) >= 11 is 3.11. The van der Waals surface area contributed by atoms with Crippen molar-refractivity contribution < 1.29 is 13.6 Å². The van der Waals surface area contributed by atoms with Crippen LogP contribution in [0.5, 0.6) is 0 Å². The van der Waals surface area contributed by atoms with E-state index in [2.05, 4.69) is 15.9 Å². The van der Waals surface area contributed by atoms with Crippen molar-refractivity contribution in [1.82, 2.24) is 0 Å². The molecule has 1 nitrogen and oxygen atoms in total. The van der Waals surface area contributed by atoms with Gasteiger partial charge in [-0.1, -0.05) is 18.2 Å². The van der Waals surface area contributed by atoms with Crippen LogP contribution in [-0.2, 0) is 16.6 Å². The monoisotopic (exact) mass is 352 g/mol. The summed E-state index contributed by atoms with van der Waals surface area (Å²) in [5.74, 6) is -0.693. The van der Waals surface area contributed by atoms with E-state index in [1.165, 1.54) is 18.2 Å². The van der Waals surface area contributed by atoms with Crippen LogP contribution in [0, 0.1) is 11.6 Å². The zero-order chi connectivity index (χ0) is 15.6. The Morgan fingerprint density at radius 1 is 1.10 bits per heavy atom. The van der Waals surface area contributed by atoms with Gasteiger partial charge in [0.1, 0.15) is 17.4 Å². The summed E-state index contributed by atoms with van der Waals surface area (Å²) in [4.78, 5) is 12.5. The zero-order valence-electron chi connectivity index (χ0n) is 11.8. The minimum Gasteiger partial charge on any atom is -0.298 e. The summed E-state index contributed by atoms with van der Waals surface area (Å²) in [7, 11) is 0. The Kier molecular flexibility index (Phi) is 4.57. The van der Waals surface area contributed by atoms with Crippen LogP contribution in [0.25, 0.3) is 0 Å². The molecule has 110 valence electrons. The quantitative estimate of drug-likeness (QED) is 0.771. The molecule has 0 aliphatic heterocycles. The number of halogens is 3. The van der Waals surface area contributed by atoms with Crippen molar-refractivity contribution in [3.05, 3.63) is 69.7 Å². The number of benzene rings is 2. The maximum Gasteiger partial charge on any atom is 0.147 e. The molecule has 2 rings (SSSR count). The van der Waals surface area contributed by atoms with Crippen LogP contribution >= 0.6 is 15.9 Å². The van der Waals surface area contributed by atoms with Crippen molar-refractivity contribution in [2.45, 2.75) is 25.7 Å². The van der Waals surface area contributed by atoms with Gasteiger partial charge in [0.05, 0.1) is 4.47 Å². The lowest BCUT2D eigenvalue weighted by Gasteiger charge is -2.24. The van der Waals surface area contributed by atoms with Crippen LogP contribution in [0.4, 0.5) is 8.78 Å². The first-order valence-corrected chi connectivity index (χ1v) is 7.33. The van der Waals surface area contributed by atoms with E-state index in [1.54, 1.807) is 38.1 Å². The predicted octanol–water partition coefficient (Wildman–Crippen LogP) is 4.82. The zero-order valence-corrected chi connectivity index (χ0v) is 13.4. The molecule has 21 heavy (non-hydrogen) atoms. The number of hydrogen-bond acceptors (Lipinski definition) is 1. The Hall–Kier alpha value is -1.55. The van der Waals surface area contributed by atoms with Crippen LogP contribution < -0.4 is 0 Å². The number of carbonyl (C=O) groups is 1. The molecule has 0 saturated carbocycles. The van der Waals surface area contributed by atoms with E-state index in [0.29, 0.717) is 4.47 Å². The van der Waals surface area contributed by atoms with E-state index in [1.807, 2.05) is 0 Å². The molecule has 0 N–H and O–H groups in total. The Morgan fingerprint density at radius 2 is 1.71 bits per heavy atom. The van der Waals surface area contributed by atoms with Gasteiger partial charge in [-0.3, -0.25) is 4.79 Å². The average Bonchev–Trinajstić information content (AvgIpc) is 2.43. The fourth-order valence-electron chi connectivity index (χ4n) is 2.08. The summed E-state index contributed by atoms with van der Waals surface area (Å²) in [6.45, 7) is 3.61. The average molecular weight is 353 g/mol. The number of rotatable bonds is 4. The minimum atomic E-state index is -0.728. The molecule has 2 aromatic carbocycles. The van der Waals surface area contributed by atoms with E-state index in [0.717, 1.165) is 11.1 Å². The Morgan fingerprint density at radius 3 is 2.29 bits per heavy atom. The standard InChI is InChI=1S/C17H15BrF2O/c1-17(2,12-4-6-13(19)7-5-12)16(21)10-11-3-8-15(20)14(18)9-11/h3-9H,10H2,1-2H3. The van der Waals surface area contributed by atoms with Crippen LogP contribution in [0.1, 0.15) is 25.0 Å². The predicted molar refractivity (Wildman–Crippen MR) is 82.2 cm³/mol. The Balaban J connectivity index is 2.21. The Labute approximate surface area is 131 Å². The maximum atomic E-state index is 13.2. The minimum absolute atomic E-state index is 0.00684. The van der Waals surface area contributed by atoms with Gasteiger partial charge >= 0.3 is 0 Å². The largest absolute Gasteiger partial charge is 0.298 e. The van der Waals surface area contributed by atoms with E-state index in [4.69, 9.17) is 0 Å². The Bertz CT molecular complexity index is 663. The molecule has 0 saturated heterocycles. The highest BCUT2D eigenvalue weighted by Gasteiger charge is 2.29. The molecule has 0 spiro atoms. The van der Waals surface area contributed by atoms with Gasteiger partial charge in [0.25, 0.3) is 0 Å². The molecule has 0 radical (unpaired) electrons. The SMILES string of the molecule is CC(C)(C(=O)Cc1ccc(F)c(Br)c1)c1ccc(F)cc1. The third-order valence-corrected chi connectivity index (χ3v) is 4.22. The summed E-state index contributed by atoms with van der Waals surface area (Å²) in [5, 5.41) is 0. The van der Waals surface area contributed by atoms with Crippen molar-refractivity contribution in [3.8, 4) is 0 Å². The van der Waals surface area contributed by atoms with E-state index >= 15 is 0 Å². The van der Waals surface area contributed by atoms with Crippen molar-refractivity contribution in [2.75, 3.05) is 0 Å². The molecule has 0 atom stereocenters. The lowest BCUT2D eigenvalue weighted by Crippen LogP contribution is -2.30. The molecule has 0 amide bonds. The molecule has 2 aromatic rings. The highest BCUT2D eigenvalue weighted by molar-refractivity contribution is 9.10. The third kappa shape index (κ3) is 3.56. The van der Waals surface area contributed by atoms with Crippen LogP contribution in [0.2, 0.25) is 0 Å². The van der Waals surface area contributed by atoms with Crippen LogP contribution in [0.3, 0.4) is 0 Å². The second-order valence-electron chi connectivity index (χ2n) is 5.48. The second-order valence-corrected chi connectivity index (χ2v) is 6.33. The number of carbonyl (C=O) groups excluding carboxylic acids is 1. The molecular weight excluding hydrogens is 338 g/mol. The molecule has 0 unspecified atom stereocenters. The number of hydrogen-bond donors (Lipinski definition) is 0. The van der Waals surface area contributed by atoms with E-state index in [9.17, 15) is 13.6 Å². The van der Waals surface area contributed by atoms with Gasteiger partial charge in [0.2, 0.25) is 0 Å². The summed E-state index contributed by atoms with van der Waals surface area (Å²) in [6, 6.07) is 10.5. The van der Waals surface area contributed by atoms with E-state index < -0.39 is 5.41 Å². The lowest BCUT2D eigenvalue weighted by atomic mass is 9.78. The van der Waals surface area contributed by atoms with Gasteiger partial charge in [-0.05, 0) is 65.2 Å². The first kappa shape index (κ1) is 15.8. The first-order valence-electron chi connectivity index (χ1n) is 6.54. The summed E-state index contributed by atoms with van der Waals surface area (Å²) < 4.78 is 26.5. The molecule has 0 fully saturated rings. The molecule has 4 heteroatoms. The summed E-state index contributed by atoms with van der Waals surface area (Å²) in [6.07, 6.45) is 0.198. The van der Waals surface area contributed by atoms with Gasteiger partial charge < -0.3 is 0 Å². The highest BCUT2D eigenvalue weighted by Crippen LogP contribution is 2.27. The summed E-state index contributed by atoms with van der Waals surface area (Å²) in [5.41, 5.74) is 0.771.